The summed E-state index contributed by atoms with van der Waals surface area (Å²) in [5, 5.41) is 19.9. The molecule has 96 valence electrons. The Hall–Kier alpha value is -2.41. The molecule has 1 heterocycles. The van der Waals surface area contributed by atoms with Gasteiger partial charge in [0.05, 0.1) is 10.5 Å². The van der Waals surface area contributed by atoms with E-state index in [-0.39, 0.29) is 11.3 Å². The van der Waals surface area contributed by atoms with Crippen molar-refractivity contribution < 1.29 is 14.8 Å². The Kier molecular flexibility index (Phi) is 3.76. The first kappa shape index (κ1) is 13.0. The van der Waals surface area contributed by atoms with Gasteiger partial charge in [0.2, 0.25) is 0 Å². The number of pyridine rings is 1. The molecule has 0 fully saturated rings. The third kappa shape index (κ3) is 3.29. The van der Waals surface area contributed by atoms with E-state index in [9.17, 15) is 14.9 Å². The maximum absolute atomic E-state index is 10.8. The fraction of sp³-hybridized carbons (Fsp3) is 0. The summed E-state index contributed by atoms with van der Waals surface area (Å²) in [5.74, 6) is -1.00. The molecule has 0 spiro atoms. The second-order valence-electron chi connectivity index (χ2n) is 3.55. The van der Waals surface area contributed by atoms with Crippen molar-refractivity contribution in [2.75, 3.05) is 0 Å². The van der Waals surface area contributed by atoms with Crippen LogP contribution in [0, 0.1) is 10.1 Å². The van der Waals surface area contributed by atoms with Gasteiger partial charge in [0.15, 0.2) is 0 Å². The zero-order valence-electron chi connectivity index (χ0n) is 9.52. The molecule has 0 saturated heterocycles. The topological polar surface area (TPSA) is 93.3 Å². The molecule has 0 saturated carbocycles. The van der Waals surface area contributed by atoms with Gasteiger partial charge < -0.3 is 5.11 Å². The largest absolute Gasteiger partial charge is 0.478 e. The molecule has 2 aromatic rings. The van der Waals surface area contributed by atoms with Crippen LogP contribution in [0.3, 0.4) is 0 Å². The number of nitro groups is 1. The summed E-state index contributed by atoms with van der Waals surface area (Å²) in [6.45, 7) is 0. The fourth-order valence-electron chi connectivity index (χ4n) is 1.35. The van der Waals surface area contributed by atoms with Crippen molar-refractivity contribution >= 4 is 23.4 Å². The van der Waals surface area contributed by atoms with Gasteiger partial charge in [0, 0.05) is 11.0 Å². The number of rotatable bonds is 4. The average molecular weight is 276 g/mol. The molecule has 0 aliphatic carbocycles. The van der Waals surface area contributed by atoms with Crippen LogP contribution in [0.5, 0.6) is 0 Å². The van der Waals surface area contributed by atoms with Crippen LogP contribution in [0.15, 0.2) is 52.5 Å². The first-order valence-electron chi connectivity index (χ1n) is 5.18. The number of benzene rings is 1. The molecule has 1 aromatic heterocycles. The SMILES string of the molecule is O=C(O)c1cccc(Sc2ccc([N+](=O)[O-])cn2)c1. The monoisotopic (exact) mass is 276 g/mol. The van der Waals surface area contributed by atoms with Crippen LogP contribution in [0.4, 0.5) is 5.69 Å². The number of nitrogens with zero attached hydrogens (tertiary/aromatic N) is 2. The first-order valence-corrected chi connectivity index (χ1v) is 5.99. The second kappa shape index (κ2) is 5.49. The van der Waals surface area contributed by atoms with Crippen LogP contribution in [-0.2, 0) is 0 Å². The smallest absolute Gasteiger partial charge is 0.335 e. The van der Waals surface area contributed by atoms with E-state index in [1.54, 1.807) is 12.1 Å². The van der Waals surface area contributed by atoms with Crippen molar-refractivity contribution in [2.24, 2.45) is 0 Å². The van der Waals surface area contributed by atoms with E-state index in [2.05, 4.69) is 4.98 Å². The van der Waals surface area contributed by atoms with E-state index in [0.717, 1.165) is 0 Å². The zero-order valence-corrected chi connectivity index (χ0v) is 10.3. The van der Waals surface area contributed by atoms with Gasteiger partial charge >= 0.3 is 5.97 Å². The van der Waals surface area contributed by atoms with Crippen molar-refractivity contribution in [1.29, 1.82) is 0 Å². The lowest BCUT2D eigenvalue weighted by atomic mass is 10.2. The summed E-state index contributed by atoms with van der Waals surface area (Å²) in [6.07, 6.45) is 1.17. The van der Waals surface area contributed by atoms with E-state index in [1.165, 1.54) is 42.2 Å². The maximum Gasteiger partial charge on any atom is 0.335 e. The molecule has 6 nitrogen and oxygen atoms in total. The van der Waals surface area contributed by atoms with Crippen molar-refractivity contribution in [1.82, 2.24) is 4.98 Å². The van der Waals surface area contributed by atoms with Crippen LogP contribution in [0.25, 0.3) is 0 Å². The van der Waals surface area contributed by atoms with Crippen LogP contribution >= 0.6 is 11.8 Å². The molecule has 0 radical (unpaired) electrons. The van der Waals surface area contributed by atoms with E-state index in [1.807, 2.05) is 0 Å². The standard InChI is InChI=1S/C12H8N2O4S/c15-12(16)8-2-1-3-10(6-8)19-11-5-4-9(7-13-11)14(17)18/h1-7H,(H,15,16). The van der Waals surface area contributed by atoms with Crippen molar-refractivity contribution in [2.45, 2.75) is 9.92 Å². The lowest BCUT2D eigenvalue weighted by molar-refractivity contribution is -0.385. The molecule has 0 atom stereocenters. The Labute approximate surface area is 112 Å². The fourth-order valence-corrected chi connectivity index (χ4v) is 2.17. The Bertz CT molecular complexity index is 628. The lowest BCUT2D eigenvalue weighted by Crippen LogP contribution is -1.95. The number of hydrogen-bond acceptors (Lipinski definition) is 5. The number of carboxylic acids is 1. The maximum atomic E-state index is 10.8. The van der Waals surface area contributed by atoms with Crippen LogP contribution in [-0.4, -0.2) is 21.0 Å². The minimum absolute atomic E-state index is 0.0800. The Morgan fingerprint density at radius 3 is 2.68 bits per heavy atom. The molecule has 1 aromatic carbocycles. The highest BCUT2D eigenvalue weighted by Crippen LogP contribution is 2.27. The third-order valence-corrected chi connectivity index (χ3v) is 3.18. The highest BCUT2D eigenvalue weighted by atomic mass is 32.2. The Balaban J connectivity index is 2.19. The number of aromatic carboxylic acids is 1. The summed E-state index contributed by atoms with van der Waals surface area (Å²) in [6, 6.07) is 9.29. The minimum atomic E-state index is -1.00. The number of carboxylic acid groups (broad SMARTS) is 1. The molecular weight excluding hydrogens is 268 g/mol. The molecule has 1 N–H and O–H groups in total. The van der Waals surface area contributed by atoms with E-state index in [4.69, 9.17) is 5.11 Å². The number of hydrogen-bond donors (Lipinski definition) is 1. The molecular formula is C12H8N2O4S. The van der Waals surface area contributed by atoms with Gasteiger partial charge in [-0.2, -0.15) is 0 Å². The average Bonchev–Trinajstić information content (AvgIpc) is 2.39. The molecule has 0 bridgehead atoms. The predicted octanol–water partition coefficient (Wildman–Crippen LogP) is 2.84. The highest BCUT2D eigenvalue weighted by molar-refractivity contribution is 7.99. The van der Waals surface area contributed by atoms with Gasteiger partial charge in [0.1, 0.15) is 11.2 Å². The summed E-state index contributed by atoms with van der Waals surface area (Å²) in [5.41, 5.74) is 0.107. The van der Waals surface area contributed by atoms with Gasteiger partial charge in [-0.3, -0.25) is 10.1 Å². The molecule has 0 amide bonds. The van der Waals surface area contributed by atoms with Crippen molar-refractivity contribution in [3.63, 3.8) is 0 Å². The summed E-state index contributed by atoms with van der Waals surface area (Å²) < 4.78 is 0. The molecule has 0 aliphatic heterocycles. The van der Waals surface area contributed by atoms with Crippen molar-refractivity contribution in [3.8, 4) is 0 Å². The van der Waals surface area contributed by atoms with E-state index < -0.39 is 10.9 Å². The lowest BCUT2D eigenvalue weighted by Gasteiger charge is -2.01. The van der Waals surface area contributed by atoms with Gasteiger partial charge in [-0.05, 0) is 24.3 Å². The summed E-state index contributed by atoms with van der Waals surface area (Å²) in [7, 11) is 0. The van der Waals surface area contributed by atoms with E-state index >= 15 is 0 Å². The van der Waals surface area contributed by atoms with Crippen LogP contribution < -0.4 is 0 Å². The van der Waals surface area contributed by atoms with Crippen LogP contribution in [0.2, 0.25) is 0 Å². The quantitative estimate of drug-likeness (QED) is 0.681. The number of aromatic nitrogens is 1. The minimum Gasteiger partial charge on any atom is -0.478 e. The van der Waals surface area contributed by atoms with Crippen molar-refractivity contribution in [3.05, 3.63) is 58.3 Å². The third-order valence-electron chi connectivity index (χ3n) is 2.23. The molecule has 7 heteroatoms. The zero-order chi connectivity index (χ0) is 13.8. The summed E-state index contributed by atoms with van der Waals surface area (Å²) in [4.78, 5) is 25.4. The second-order valence-corrected chi connectivity index (χ2v) is 4.64. The first-order chi connectivity index (χ1) is 9.06. The Morgan fingerprint density at radius 2 is 2.11 bits per heavy atom. The van der Waals surface area contributed by atoms with Gasteiger partial charge in [-0.25, -0.2) is 9.78 Å². The van der Waals surface area contributed by atoms with E-state index in [0.29, 0.717) is 9.92 Å². The predicted molar refractivity (Wildman–Crippen MR) is 68.4 cm³/mol. The highest BCUT2D eigenvalue weighted by Gasteiger charge is 2.08. The summed E-state index contributed by atoms with van der Waals surface area (Å²) >= 11 is 1.24. The molecule has 19 heavy (non-hydrogen) atoms. The van der Waals surface area contributed by atoms with Gasteiger partial charge in [-0.1, -0.05) is 17.8 Å². The number of carbonyl (C=O) groups is 1. The normalized spacial score (nSPS) is 10.1. The van der Waals surface area contributed by atoms with Gasteiger partial charge in [0.25, 0.3) is 5.69 Å². The molecule has 0 aliphatic rings. The van der Waals surface area contributed by atoms with Gasteiger partial charge in [-0.15, -0.1) is 0 Å². The molecule has 0 unspecified atom stereocenters. The Morgan fingerprint density at radius 1 is 1.32 bits per heavy atom. The van der Waals surface area contributed by atoms with Crippen LogP contribution in [0.1, 0.15) is 10.4 Å². The molecule has 2 rings (SSSR count).